The van der Waals surface area contributed by atoms with Crippen LogP contribution in [0.5, 0.6) is 0 Å². The maximum atomic E-state index is 10.4. The van der Waals surface area contributed by atoms with Crippen LogP contribution in [0.3, 0.4) is 0 Å². The predicted octanol–water partition coefficient (Wildman–Crippen LogP) is 1.96. The Labute approximate surface area is 79.2 Å². The SMILES string of the molecule is C.CC(C)=O.CC=O.OC[C-](F)F.[H-].[Rf]. The van der Waals surface area contributed by atoms with Crippen molar-refractivity contribution in [2.45, 2.75) is 28.2 Å². The zero-order valence-electron chi connectivity index (χ0n) is 9.01. The number of aliphatic hydroxyl groups is 1. The molecule has 0 bridgehead atoms. The first-order valence-electron chi connectivity index (χ1n) is 3.06. The maximum absolute atomic E-state index is 10.4. The number of ketones is 1. The van der Waals surface area contributed by atoms with Gasteiger partial charge in [0.15, 0.2) is 0 Å². The number of aldehydes is 1. The summed E-state index contributed by atoms with van der Waals surface area (Å²) in [6.07, 6.45) is -1.19. The normalized spacial score (nSPS) is 6.21. The molecule has 0 heterocycles. The molecule has 0 aliphatic rings. The third kappa shape index (κ3) is 33300. The van der Waals surface area contributed by atoms with E-state index in [4.69, 9.17) is 9.90 Å². The number of Topliss-reactive ketones (excluding diaryl/α,β-unsaturated/α-hetero) is 1. The van der Waals surface area contributed by atoms with E-state index >= 15 is 0 Å². The van der Waals surface area contributed by atoms with Gasteiger partial charge in [-0.1, -0.05) is 7.43 Å². The second-order valence-electron chi connectivity index (χ2n) is 1.64. The average Bonchev–Trinajstić information content (AvgIpc) is 1.88. The molecule has 14 heavy (non-hydrogen) atoms. The molecule has 0 aliphatic heterocycles. The summed E-state index contributed by atoms with van der Waals surface area (Å²) >= 11 is 0. The molecule has 1 N–H and O–H groups in total. The molecule has 0 saturated carbocycles. The summed E-state index contributed by atoms with van der Waals surface area (Å²) in [4.78, 5) is 18.2. The van der Waals surface area contributed by atoms with Crippen molar-refractivity contribution in [2.24, 2.45) is 0 Å². The Morgan fingerprint density at radius 2 is 1.57 bits per heavy atom. The van der Waals surface area contributed by atoms with Gasteiger partial charge in [0.2, 0.25) is 0 Å². The average molecular weight is 467 g/mol. The number of hydrogen-bond acceptors (Lipinski definition) is 3. The predicted molar refractivity (Wildman–Crippen MR) is 48.5 cm³/mol. The van der Waals surface area contributed by atoms with E-state index in [2.05, 4.69) is 0 Å². The zero-order chi connectivity index (χ0) is 10.6. The maximum Gasteiger partial charge on any atom is 0.126 e. The Morgan fingerprint density at radius 3 is 1.57 bits per heavy atom. The van der Waals surface area contributed by atoms with Gasteiger partial charge in [0.1, 0.15) is 12.1 Å². The fourth-order valence-corrected chi connectivity index (χ4v) is 0. The van der Waals surface area contributed by atoms with Gasteiger partial charge < -0.3 is 24.9 Å². The number of rotatable bonds is 1. The van der Waals surface area contributed by atoms with Crippen molar-refractivity contribution >= 4 is 12.1 Å². The van der Waals surface area contributed by atoms with Gasteiger partial charge >= 0.3 is 0 Å². The van der Waals surface area contributed by atoms with E-state index in [-0.39, 0.29) is 14.6 Å². The van der Waals surface area contributed by atoms with Gasteiger partial charge in [0.05, 0.1) is 0 Å². The summed E-state index contributed by atoms with van der Waals surface area (Å²) in [5.74, 6) is 0.167. The third-order valence-electron chi connectivity index (χ3n) is 0.120. The molecule has 0 saturated heterocycles. The molecule has 3 nitrogen and oxygen atoms in total. The largest absolute Gasteiger partial charge is 1.00 e. The van der Waals surface area contributed by atoms with Gasteiger partial charge in [-0.05, 0) is 27.4 Å². The quantitative estimate of drug-likeness (QED) is 0.474. The van der Waals surface area contributed by atoms with Crippen molar-refractivity contribution < 1.29 is 24.9 Å². The first-order chi connectivity index (χ1) is 5.42. The number of halogens is 2. The molecule has 0 aliphatic carbocycles. The summed E-state index contributed by atoms with van der Waals surface area (Å²) in [7, 11) is 0. The minimum absolute atomic E-state index is 0. The molecule has 0 radical (unpaired) electrons. The van der Waals surface area contributed by atoms with Crippen LogP contribution in [0.1, 0.15) is 29.6 Å². The summed E-state index contributed by atoms with van der Waals surface area (Å²) < 4.78 is 20.9. The second-order valence-corrected chi connectivity index (χ2v) is 1.64. The molecule has 0 unspecified atom stereocenters. The molecule has 0 aromatic heterocycles. The van der Waals surface area contributed by atoms with Crippen molar-refractivity contribution in [1.29, 1.82) is 0 Å². The molecule has 0 fully saturated rings. The Hall–Kier alpha value is -1.84. The third-order valence-corrected chi connectivity index (χ3v) is 0.120. The van der Waals surface area contributed by atoms with Crippen LogP contribution in [0.25, 0.3) is 0 Å². The minimum atomic E-state index is -1.94. The number of carbonyl (C=O) groups excluding carboxylic acids is 2. The van der Waals surface area contributed by atoms with Crippen LogP contribution in [0.4, 0.5) is 8.78 Å². The van der Waals surface area contributed by atoms with Gasteiger partial charge in [0.25, 0.3) is 0 Å². The van der Waals surface area contributed by atoms with Crippen LogP contribution in [-0.2, 0) is 9.59 Å². The molecular formula is C8H18F2O3Rf-2. The van der Waals surface area contributed by atoms with Crippen molar-refractivity contribution in [1.82, 2.24) is 0 Å². The standard InChI is InChI=1S/C3H6O.C2H3F2O.C2H4O.CH4.Rf.H/c1-3(2)4;3-2(4)1-5;1-2-3;;;/h1-2H3;5H,1H2;2H,1H3;1H4;;/q;-1;;;;-1. The van der Waals surface area contributed by atoms with Gasteiger partial charge in [0, 0.05) is 6.43 Å². The van der Waals surface area contributed by atoms with Crippen LogP contribution < -0.4 is 0 Å². The number of carbonyl (C=O) groups is 2. The Bertz CT molecular complexity index is 112. The fourth-order valence-electron chi connectivity index (χ4n) is 0. The van der Waals surface area contributed by atoms with Crippen LogP contribution >= 0.6 is 0 Å². The van der Waals surface area contributed by atoms with E-state index in [1.165, 1.54) is 20.8 Å². The van der Waals surface area contributed by atoms with Crippen LogP contribution in [0.2, 0.25) is 0 Å². The Morgan fingerprint density at radius 1 is 1.50 bits per heavy atom. The summed E-state index contributed by atoms with van der Waals surface area (Å²) in [6, 6.07) is 0. The molecule has 86 valence electrons. The Balaban J connectivity index is -0.0000000189. The van der Waals surface area contributed by atoms with E-state index < -0.39 is 13.0 Å². The van der Waals surface area contributed by atoms with Crippen LogP contribution in [0, 0.1) is 6.43 Å². The monoisotopic (exact) mass is 467 g/mol. The van der Waals surface area contributed by atoms with E-state index in [9.17, 15) is 13.6 Å². The van der Waals surface area contributed by atoms with E-state index in [1.807, 2.05) is 0 Å². The second kappa shape index (κ2) is 30.4. The topological polar surface area (TPSA) is 54.4 Å². The van der Waals surface area contributed by atoms with Crippen LogP contribution in [0.15, 0.2) is 0 Å². The molecule has 6 heteroatoms. The molecule has 0 amide bonds. The first-order valence-corrected chi connectivity index (χ1v) is 3.06. The molecule has 0 aromatic carbocycles. The van der Waals surface area contributed by atoms with E-state index in [1.54, 1.807) is 0 Å². The van der Waals surface area contributed by atoms with Crippen molar-refractivity contribution in [3.8, 4) is 0 Å². The van der Waals surface area contributed by atoms with Crippen LogP contribution in [-0.4, -0.2) is 23.8 Å². The van der Waals surface area contributed by atoms with E-state index in [0.29, 0.717) is 0 Å². The van der Waals surface area contributed by atoms with Gasteiger partial charge in [-0.3, -0.25) is 0 Å². The van der Waals surface area contributed by atoms with E-state index in [0.717, 1.165) is 6.29 Å². The zero-order valence-corrected chi connectivity index (χ0v) is 14.4. The summed E-state index contributed by atoms with van der Waals surface area (Å²) in [5, 5.41) is 7.36. The first kappa shape index (κ1) is 29.5. The van der Waals surface area contributed by atoms with Gasteiger partial charge in [-0.15, -0.1) is 0 Å². The van der Waals surface area contributed by atoms with Crippen molar-refractivity contribution in [3.63, 3.8) is 0 Å². The molecular weight excluding hydrogens is 449 g/mol. The minimum Gasteiger partial charge on any atom is -1.00 e. The smallest absolute Gasteiger partial charge is 0.126 e. The van der Waals surface area contributed by atoms with Gasteiger partial charge in [-0.2, -0.15) is 0 Å². The summed E-state index contributed by atoms with van der Waals surface area (Å²) in [5.41, 5.74) is 0. The van der Waals surface area contributed by atoms with Crippen molar-refractivity contribution in [3.05, 3.63) is 6.43 Å². The number of aliphatic hydroxyl groups excluding tert-OH is 1. The molecule has 0 spiro atoms. The molecule has 0 atom stereocenters. The van der Waals surface area contributed by atoms with Crippen molar-refractivity contribution in [2.75, 3.05) is 6.61 Å². The number of hydrogen-bond donors (Lipinski definition) is 1. The molecule has 0 rings (SSSR count). The summed E-state index contributed by atoms with van der Waals surface area (Å²) in [6.45, 7) is 3.39. The Kier molecular flexibility index (Phi) is 64.1. The van der Waals surface area contributed by atoms with Gasteiger partial charge in [-0.25, -0.2) is 0 Å². The molecule has 0 aromatic rings. The fraction of sp³-hybridized carbons (Fsp3) is 0.625.